The lowest BCUT2D eigenvalue weighted by Crippen LogP contribution is -2.34. The lowest BCUT2D eigenvalue weighted by Gasteiger charge is -2.25. The van der Waals surface area contributed by atoms with Gasteiger partial charge in [-0.15, -0.1) is 0 Å². The Morgan fingerprint density at radius 2 is 1.90 bits per heavy atom. The SMILES string of the molecule is CC(CS(=O)(=O)c1nnnn1-c1ccccc1)C(C)(C)O. The summed E-state index contributed by atoms with van der Waals surface area (Å²) in [6, 6.07) is 8.79. The fraction of sp³-hybridized carbons (Fsp3) is 0.462. The van der Waals surface area contributed by atoms with Gasteiger partial charge in [0.15, 0.2) is 0 Å². The Morgan fingerprint density at radius 1 is 1.29 bits per heavy atom. The van der Waals surface area contributed by atoms with Crippen LogP contribution < -0.4 is 0 Å². The zero-order valence-corrected chi connectivity index (χ0v) is 12.9. The molecule has 0 saturated carbocycles. The normalized spacial score (nSPS) is 14.1. The van der Waals surface area contributed by atoms with Crippen molar-refractivity contribution in [3.63, 3.8) is 0 Å². The van der Waals surface area contributed by atoms with Crippen molar-refractivity contribution in [2.24, 2.45) is 5.92 Å². The Hall–Kier alpha value is -1.80. The van der Waals surface area contributed by atoms with Crippen LogP contribution in [0.3, 0.4) is 0 Å². The maximum absolute atomic E-state index is 12.5. The summed E-state index contributed by atoms with van der Waals surface area (Å²) in [7, 11) is -3.71. The van der Waals surface area contributed by atoms with Crippen LogP contribution in [0.25, 0.3) is 5.69 Å². The molecule has 2 aromatic rings. The summed E-state index contributed by atoms with van der Waals surface area (Å²) in [5.74, 6) is -0.688. The van der Waals surface area contributed by atoms with E-state index in [2.05, 4.69) is 15.5 Å². The highest BCUT2D eigenvalue weighted by Gasteiger charge is 2.32. The second-order valence-electron chi connectivity index (χ2n) is 5.54. The second kappa shape index (κ2) is 5.53. The molecule has 114 valence electrons. The van der Waals surface area contributed by atoms with Gasteiger partial charge in [0.25, 0.3) is 5.16 Å². The first kappa shape index (κ1) is 15.6. The third-order valence-corrected chi connectivity index (χ3v) is 5.14. The predicted molar refractivity (Wildman–Crippen MR) is 76.7 cm³/mol. The quantitative estimate of drug-likeness (QED) is 0.879. The van der Waals surface area contributed by atoms with E-state index >= 15 is 0 Å². The average molecular weight is 310 g/mol. The van der Waals surface area contributed by atoms with E-state index in [0.29, 0.717) is 5.69 Å². The number of aromatic nitrogens is 4. The molecule has 2 rings (SSSR count). The Balaban J connectivity index is 2.37. The molecule has 0 fully saturated rings. The van der Waals surface area contributed by atoms with E-state index in [1.807, 2.05) is 6.07 Å². The van der Waals surface area contributed by atoms with E-state index in [1.165, 1.54) is 4.68 Å². The van der Waals surface area contributed by atoms with Crippen molar-refractivity contribution in [1.82, 2.24) is 20.2 Å². The standard InChI is InChI=1S/C13H18N4O3S/c1-10(13(2,3)18)9-21(19,20)12-14-15-16-17(12)11-7-5-4-6-8-11/h4-8,10,18H,9H2,1-3H3. The Bertz CT molecular complexity index is 705. The molecular weight excluding hydrogens is 292 g/mol. The van der Waals surface area contributed by atoms with E-state index < -0.39 is 21.4 Å². The minimum absolute atomic E-state index is 0.218. The number of benzene rings is 1. The number of nitrogens with zero attached hydrogens (tertiary/aromatic N) is 4. The Labute approximate surface area is 123 Å². The predicted octanol–water partition coefficient (Wildman–Crippen LogP) is 0.843. The van der Waals surface area contributed by atoms with Gasteiger partial charge in [-0.2, -0.15) is 4.68 Å². The summed E-state index contributed by atoms with van der Waals surface area (Å²) < 4.78 is 26.1. The molecule has 1 heterocycles. The third-order valence-electron chi connectivity index (χ3n) is 3.40. The molecule has 1 atom stereocenters. The van der Waals surface area contributed by atoms with Gasteiger partial charge in [0.1, 0.15) is 0 Å². The van der Waals surface area contributed by atoms with E-state index in [1.54, 1.807) is 45.0 Å². The van der Waals surface area contributed by atoms with E-state index in [0.717, 1.165) is 0 Å². The zero-order valence-electron chi connectivity index (χ0n) is 12.1. The van der Waals surface area contributed by atoms with Gasteiger partial charge in [-0.3, -0.25) is 0 Å². The van der Waals surface area contributed by atoms with Crippen LogP contribution in [0.1, 0.15) is 20.8 Å². The molecule has 0 amide bonds. The van der Waals surface area contributed by atoms with Crippen molar-refractivity contribution in [3.8, 4) is 5.69 Å². The first-order chi connectivity index (χ1) is 9.72. The van der Waals surface area contributed by atoms with Gasteiger partial charge in [0, 0.05) is 0 Å². The van der Waals surface area contributed by atoms with Crippen molar-refractivity contribution in [1.29, 1.82) is 0 Å². The Kier molecular flexibility index (Phi) is 4.11. The zero-order chi connectivity index (χ0) is 15.7. The van der Waals surface area contributed by atoms with Crippen LogP contribution in [0.15, 0.2) is 35.5 Å². The minimum Gasteiger partial charge on any atom is -0.390 e. The lowest BCUT2D eigenvalue weighted by molar-refractivity contribution is 0.0339. The van der Waals surface area contributed by atoms with Crippen LogP contribution in [0.4, 0.5) is 0 Å². The lowest BCUT2D eigenvalue weighted by atomic mass is 9.95. The number of sulfone groups is 1. The number of tetrazole rings is 1. The molecule has 1 aromatic heterocycles. The average Bonchev–Trinajstić information content (AvgIpc) is 2.88. The molecule has 1 N–H and O–H groups in total. The van der Waals surface area contributed by atoms with E-state index in [4.69, 9.17) is 0 Å². The van der Waals surface area contributed by atoms with Gasteiger partial charge in [0.2, 0.25) is 9.84 Å². The summed E-state index contributed by atoms with van der Waals surface area (Å²) in [5, 5.41) is 20.5. The molecule has 0 aliphatic carbocycles. The molecule has 8 heteroatoms. The number of aliphatic hydroxyl groups is 1. The third kappa shape index (κ3) is 3.45. The van der Waals surface area contributed by atoms with Crippen LogP contribution in [-0.4, -0.2) is 45.1 Å². The van der Waals surface area contributed by atoms with Crippen molar-refractivity contribution < 1.29 is 13.5 Å². The van der Waals surface area contributed by atoms with Crippen LogP contribution in [-0.2, 0) is 9.84 Å². The van der Waals surface area contributed by atoms with E-state index in [-0.39, 0.29) is 10.9 Å². The Morgan fingerprint density at radius 3 is 2.48 bits per heavy atom. The summed E-state index contributed by atoms with van der Waals surface area (Å²) in [6.45, 7) is 4.83. The molecule has 0 aliphatic heterocycles. The molecule has 0 aliphatic rings. The minimum atomic E-state index is -3.71. The summed E-state index contributed by atoms with van der Waals surface area (Å²) in [4.78, 5) is 0. The molecule has 0 bridgehead atoms. The summed E-state index contributed by atoms with van der Waals surface area (Å²) in [5.41, 5.74) is -0.532. The molecule has 0 radical (unpaired) electrons. The molecule has 0 spiro atoms. The van der Waals surface area contributed by atoms with Gasteiger partial charge in [0.05, 0.1) is 17.0 Å². The highest BCUT2D eigenvalue weighted by Crippen LogP contribution is 2.21. The van der Waals surface area contributed by atoms with Crippen LogP contribution >= 0.6 is 0 Å². The summed E-state index contributed by atoms with van der Waals surface area (Å²) >= 11 is 0. The largest absolute Gasteiger partial charge is 0.390 e. The molecule has 7 nitrogen and oxygen atoms in total. The second-order valence-corrected chi connectivity index (χ2v) is 7.47. The van der Waals surface area contributed by atoms with Crippen LogP contribution in [0.2, 0.25) is 0 Å². The molecule has 1 unspecified atom stereocenters. The topological polar surface area (TPSA) is 98.0 Å². The monoisotopic (exact) mass is 310 g/mol. The van der Waals surface area contributed by atoms with Crippen molar-refractivity contribution in [2.75, 3.05) is 5.75 Å². The van der Waals surface area contributed by atoms with Crippen molar-refractivity contribution >= 4 is 9.84 Å². The smallest absolute Gasteiger partial charge is 0.272 e. The number of hydrogen-bond donors (Lipinski definition) is 1. The highest BCUT2D eigenvalue weighted by atomic mass is 32.2. The molecule has 1 aromatic carbocycles. The number of para-hydroxylation sites is 1. The van der Waals surface area contributed by atoms with Crippen molar-refractivity contribution in [3.05, 3.63) is 30.3 Å². The molecule has 0 saturated heterocycles. The van der Waals surface area contributed by atoms with Gasteiger partial charge in [-0.05, 0) is 42.3 Å². The van der Waals surface area contributed by atoms with Gasteiger partial charge < -0.3 is 5.11 Å². The van der Waals surface area contributed by atoms with Crippen LogP contribution in [0, 0.1) is 5.92 Å². The number of rotatable bonds is 5. The molecule has 21 heavy (non-hydrogen) atoms. The van der Waals surface area contributed by atoms with Crippen LogP contribution in [0.5, 0.6) is 0 Å². The first-order valence-corrected chi connectivity index (χ1v) is 8.16. The summed E-state index contributed by atoms with van der Waals surface area (Å²) in [6.07, 6.45) is 0. The fourth-order valence-corrected chi connectivity index (χ4v) is 3.49. The maximum Gasteiger partial charge on any atom is 0.272 e. The molecular formula is C13H18N4O3S. The van der Waals surface area contributed by atoms with Crippen molar-refractivity contribution in [2.45, 2.75) is 31.5 Å². The van der Waals surface area contributed by atoms with Gasteiger partial charge in [-0.25, -0.2) is 8.42 Å². The van der Waals surface area contributed by atoms with Gasteiger partial charge >= 0.3 is 0 Å². The maximum atomic E-state index is 12.5. The number of hydrogen-bond acceptors (Lipinski definition) is 6. The fourth-order valence-electron chi connectivity index (χ4n) is 1.71. The highest BCUT2D eigenvalue weighted by molar-refractivity contribution is 7.91. The van der Waals surface area contributed by atoms with Gasteiger partial charge in [-0.1, -0.05) is 30.2 Å². The first-order valence-electron chi connectivity index (χ1n) is 6.51. The van der Waals surface area contributed by atoms with E-state index in [9.17, 15) is 13.5 Å².